The molecule has 2 rings (SSSR count). The largest absolute Gasteiger partial charge is 0.388 e. The van der Waals surface area contributed by atoms with E-state index in [1.165, 1.54) is 0 Å². The van der Waals surface area contributed by atoms with Crippen molar-refractivity contribution >= 4 is 5.78 Å². The summed E-state index contributed by atoms with van der Waals surface area (Å²) in [6, 6.07) is 0. The number of ketones is 1. The van der Waals surface area contributed by atoms with E-state index in [2.05, 4.69) is 0 Å². The first kappa shape index (κ1) is 7.29. The van der Waals surface area contributed by atoms with Crippen LogP contribution in [0.5, 0.6) is 0 Å². The van der Waals surface area contributed by atoms with Crippen molar-refractivity contribution in [1.82, 2.24) is 0 Å². The highest BCUT2D eigenvalue weighted by atomic mass is 16.3. The van der Waals surface area contributed by atoms with Gasteiger partial charge in [0.1, 0.15) is 5.78 Å². The Kier molecular flexibility index (Phi) is 1.37. The average molecular weight is 154 g/mol. The van der Waals surface area contributed by atoms with Crippen molar-refractivity contribution < 1.29 is 9.90 Å². The van der Waals surface area contributed by atoms with Crippen molar-refractivity contribution in [3.63, 3.8) is 0 Å². The molecule has 2 nitrogen and oxygen atoms in total. The molecule has 0 radical (unpaired) electrons. The summed E-state index contributed by atoms with van der Waals surface area (Å²) in [6.45, 7) is 1.98. The van der Waals surface area contributed by atoms with Gasteiger partial charge in [-0.05, 0) is 25.7 Å². The third kappa shape index (κ3) is 0.684. The monoisotopic (exact) mass is 154 g/mol. The molecule has 3 atom stereocenters. The quantitative estimate of drug-likeness (QED) is 0.614. The van der Waals surface area contributed by atoms with Crippen LogP contribution in [0.25, 0.3) is 0 Å². The van der Waals surface area contributed by atoms with E-state index in [9.17, 15) is 9.90 Å². The molecule has 0 aromatic carbocycles. The van der Waals surface area contributed by atoms with Crippen LogP contribution in [0.2, 0.25) is 0 Å². The van der Waals surface area contributed by atoms with E-state index in [1.807, 2.05) is 6.92 Å². The molecule has 0 heterocycles. The van der Waals surface area contributed by atoms with E-state index in [4.69, 9.17) is 0 Å². The minimum Gasteiger partial charge on any atom is -0.388 e. The molecule has 0 aliphatic heterocycles. The fourth-order valence-electron chi connectivity index (χ4n) is 2.77. The van der Waals surface area contributed by atoms with Crippen molar-refractivity contribution in [3.8, 4) is 0 Å². The number of rotatable bonds is 1. The number of Topliss-reactive ketones (excluding diaryl/α,β-unsaturated/α-hetero) is 1. The number of aliphatic hydroxyl groups is 1. The minimum atomic E-state index is -0.578. The van der Waals surface area contributed by atoms with Gasteiger partial charge < -0.3 is 5.11 Å². The maximum Gasteiger partial charge on any atom is 0.144 e. The van der Waals surface area contributed by atoms with Crippen molar-refractivity contribution in [2.45, 2.75) is 38.2 Å². The number of hydrogen-bond donors (Lipinski definition) is 1. The van der Waals surface area contributed by atoms with Gasteiger partial charge >= 0.3 is 0 Å². The Morgan fingerprint density at radius 3 is 3.09 bits per heavy atom. The fourth-order valence-corrected chi connectivity index (χ4v) is 2.77. The molecule has 0 aromatic rings. The molecule has 0 amide bonds. The van der Waals surface area contributed by atoms with Crippen LogP contribution >= 0.6 is 0 Å². The van der Waals surface area contributed by atoms with Crippen LogP contribution in [-0.4, -0.2) is 16.5 Å². The topological polar surface area (TPSA) is 37.3 Å². The van der Waals surface area contributed by atoms with E-state index in [0.717, 1.165) is 25.7 Å². The zero-order valence-electron chi connectivity index (χ0n) is 6.84. The standard InChI is InChI=1S/C9H14O2/c1-2-6-8(10)7-4-3-5-9(6,7)11/h6-7,11H,2-5H2,1H3/t6-,7?,9+/m1/s1. The van der Waals surface area contributed by atoms with Gasteiger partial charge in [-0.25, -0.2) is 0 Å². The normalized spacial score (nSPS) is 48.7. The van der Waals surface area contributed by atoms with E-state index in [1.54, 1.807) is 0 Å². The average Bonchev–Trinajstić information content (AvgIpc) is 2.29. The summed E-state index contributed by atoms with van der Waals surface area (Å²) in [7, 11) is 0. The Morgan fingerprint density at radius 1 is 1.73 bits per heavy atom. The summed E-state index contributed by atoms with van der Waals surface area (Å²) in [4.78, 5) is 11.3. The van der Waals surface area contributed by atoms with Crippen LogP contribution in [0.4, 0.5) is 0 Å². The fraction of sp³-hybridized carbons (Fsp3) is 0.889. The number of carbonyl (C=O) groups is 1. The maximum absolute atomic E-state index is 11.3. The zero-order valence-corrected chi connectivity index (χ0v) is 6.84. The number of fused-ring (bicyclic) bond motifs is 1. The Balaban J connectivity index is 2.21. The van der Waals surface area contributed by atoms with Gasteiger partial charge in [-0.3, -0.25) is 4.79 Å². The van der Waals surface area contributed by atoms with Crippen LogP contribution in [0.15, 0.2) is 0 Å². The summed E-state index contributed by atoms with van der Waals surface area (Å²) >= 11 is 0. The van der Waals surface area contributed by atoms with E-state index < -0.39 is 5.60 Å². The van der Waals surface area contributed by atoms with Crippen molar-refractivity contribution in [2.75, 3.05) is 0 Å². The Hall–Kier alpha value is -0.370. The summed E-state index contributed by atoms with van der Waals surface area (Å²) < 4.78 is 0. The molecule has 2 aliphatic rings. The predicted octanol–water partition coefficient (Wildman–Crippen LogP) is 1.13. The molecule has 0 bridgehead atoms. The number of hydrogen-bond acceptors (Lipinski definition) is 2. The molecular weight excluding hydrogens is 140 g/mol. The molecule has 2 aliphatic carbocycles. The second kappa shape index (κ2) is 2.07. The lowest BCUT2D eigenvalue weighted by Gasteiger charge is -2.46. The molecule has 62 valence electrons. The van der Waals surface area contributed by atoms with E-state index >= 15 is 0 Å². The van der Waals surface area contributed by atoms with Gasteiger partial charge in [0.2, 0.25) is 0 Å². The predicted molar refractivity (Wildman–Crippen MR) is 41.1 cm³/mol. The van der Waals surface area contributed by atoms with Gasteiger partial charge in [0.15, 0.2) is 0 Å². The van der Waals surface area contributed by atoms with E-state index in [-0.39, 0.29) is 11.8 Å². The second-order valence-electron chi connectivity index (χ2n) is 3.80. The minimum absolute atomic E-state index is 0.00690. The molecule has 0 saturated heterocycles. The molecule has 0 aromatic heterocycles. The molecule has 0 spiro atoms. The molecule has 11 heavy (non-hydrogen) atoms. The lowest BCUT2D eigenvalue weighted by atomic mass is 9.60. The first-order valence-electron chi connectivity index (χ1n) is 4.46. The van der Waals surface area contributed by atoms with Crippen molar-refractivity contribution in [1.29, 1.82) is 0 Å². The van der Waals surface area contributed by atoms with Gasteiger partial charge in [-0.1, -0.05) is 6.92 Å². The summed E-state index contributed by atoms with van der Waals surface area (Å²) in [5, 5.41) is 9.96. The lowest BCUT2D eigenvalue weighted by molar-refractivity contribution is -0.170. The van der Waals surface area contributed by atoms with Crippen LogP contribution < -0.4 is 0 Å². The van der Waals surface area contributed by atoms with Gasteiger partial charge in [0, 0.05) is 11.8 Å². The summed E-state index contributed by atoms with van der Waals surface area (Å²) in [6.07, 6.45) is 3.61. The van der Waals surface area contributed by atoms with Gasteiger partial charge in [-0.2, -0.15) is 0 Å². The lowest BCUT2D eigenvalue weighted by Crippen LogP contribution is -2.60. The highest BCUT2D eigenvalue weighted by molar-refractivity contribution is 5.93. The molecule has 2 fully saturated rings. The Labute approximate surface area is 66.6 Å². The van der Waals surface area contributed by atoms with Gasteiger partial charge in [0.05, 0.1) is 5.60 Å². The highest BCUT2D eigenvalue weighted by Crippen LogP contribution is 2.52. The van der Waals surface area contributed by atoms with Crippen LogP contribution in [0.1, 0.15) is 32.6 Å². The first-order chi connectivity index (χ1) is 5.20. The maximum atomic E-state index is 11.3. The summed E-state index contributed by atoms with van der Waals surface area (Å²) in [5.41, 5.74) is -0.578. The second-order valence-corrected chi connectivity index (χ2v) is 3.80. The van der Waals surface area contributed by atoms with Gasteiger partial charge in [-0.15, -0.1) is 0 Å². The summed E-state index contributed by atoms with van der Waals surface area (Å²) in [5.74, 6) is 0.287. The molecule has 1 unspecified atom stereocenters. The highest BCUT2D eigenvalue weighted by Gasteiger charge is 2.61. The first-order valence-corrected chi connectivity index (χ1v) is 4.46. The van der Waals surface area contributed by atoms with Crippen LogP contribution in [-0.2, 0) is 4.79 Å². The van der Waals surface area contributed by atoms with E-state index in [0.29, 0.717) is 5.78 Å². The molecule has 2 saturated carbocycles. The Morgan fingerprint density at radius 2 is 2.45 bits per heavy atom. The SMILES string of the molecule is CC[C@@H]1C(=O)C2CCC[C@@]21O. The third-order valence-corrected chi connectivity index (χ3v) is 3.37. The zero-order chi connectivity index (χ0) is 8.06. The van der Waals surface area contributed by atoms with Crippen LogP contribution in [0.3, 0.4) is 0 Å². The van der Waals surface area contributed by atoms with Crippen molar-refractivity contribution in [2.24, 2.45) is 11.8 Å². The van der Waals surface area contributed by atoms with Gasteiger partial charge in [0.25, 0.3) is 0 Å². The number of carbonyl (C=O) groups excluding carboxylic acids is 1. The Bertz CT molecular complexity index is 200. The van der Waals surface area contributed by atoms with Crippen LogP contribution in [0, 0.1) is 11.8 Å². The van der Waals surface area contributed by atoms with Crippen molar-refractivity contribution in [3.05, 3.63) is 0 Å². The molecule has 2 heteroatoms. The smallest absolute Gasteiger partial charge is 0.144 e. The molecule has 1 N–H and O–H groups in total. The molecular formula is C9H14O2. The third-order valence-electron chi connectivity index (χ3n) is 3.37.